The Balaban J connectivity index is 2.15. The second-order valence-electron chi connectivity index (χ2n) is 11.1. The molecule has 3 rings (SSSR count). The molecule has 0 radical (unpaired) electrons. The molecule has 0 aromatic heterocycles. The maximum Gasteiger partial charge on any atom is 0.248 e. The molecule has 6 N–H and O–H groups in total. The Morgan fingerprint density at radius 1 is 1.02 bits per heavy atom. The highest BCUT2D eigenvalue weighted by Crippen LogP contribution is 2.46. The van der Waals surface area contributed by atoms with Crippen LogP contribution >= 0.6 is 0 Å². The number of hydrogen-bond acceptors (Lipinski definition) is 6. The lowest BCUT2D eigenvalue weighted by molar-refractivity contribution is -0.145. The van der Waals surface area contributed by atoms with Crippen molar-refractivity contribution in [2.24, 2.45) is 22.8 Å². The van der Waals surface area contributed by atoms with Crippen LogP contribution in [0.25, 0.3) is 0 Å². The Morgan fingerprint density at radius 3 is 2.25 bits per heavy atom. The smallest absolute Gasteiger partial charge is 0.248 e. The van der Waals surface area contributed by atoms with Crippen LogP contribution in [0.5, 0.6) is 5.75 Å². The topological polar surface area (TPSA) is 148 Å². The van der Waals surface area contributed by atoms with Crippen LogP contribution in [-0.2, 0) is 27.3 Å². The monoisotopic (exact) mass is 612 g/mol. The van der Waals surface area contributed by atoms with Crippen molar-refractivity contribution in [3.05, 3.63) is 88.5 Å². The fourth-order valence-electron chi connectivity index (χ4n) is 5.84. The highest BCUT2D eigenvalue weighted by Gasteiger charge is 2.51. The fourth-order valence-corrected chi connectivity index (χ4v) is 5.84. The van der Waals surface area contributed by atoms with E-state index in [1.54, 1.807) is 18.1 Å². The maximum absolute atomic E-state index is 14.6. The number of rotatable bonds is 16. The van der Waals surface area contributed by atoms with E-state index in [4.69, 9.17) is 16.2 Å². The summed E-state index contributed by atoms with van der Waals surface area (Å²) in [7, 11) is 1.56. The summed E-state index contributed by atoms with van der Waals surface area (Å²) in [5.41, 5.74) is 10.6. The number of nitrogens with zero attached hydrogens (tertiary/aromatic N) is 1. The minimum Gasteiger partial charge on any atom is -0.497 e. The molecule has 0 saturated heterocycles. The van der Waals surface area contributed by atoms with Gasteiger partial charge in [0.05, 0.1) is 18.6 Å². The summed E-state index contributed by atoms with van der Waals surface area (Å²) in [6.45, 7) is 4.86. The predicted octanol–water partition coefficient (Wildman–Crippen LogP) is 3.14. The molecule has 0 fully saturated rings. The van der Waals surface area contributed by atoms with Crippen molar-refractivity contribution in [3.8, 4) is 5.75 Å². The van der Waals surface area contributed by atoms with Crippen LogP contribution in [0.2, 0.25) is 0 Å². The number of nitrogens with two attached hydrogens (primary N) is 2. The molecule has 11 heteroatoms. The van der Waals surface area contributed by atoms with Gasteiger partial charge in [0.25, 0.3) is 0 Å². The van der Waals surface area contributed by atoms with Crippen LogP contribution in [0.15, 0.2) is 65.8 Å². The SMILES string of the molecule is CCCN(CCC)C(=O)C1([C@H](Cc2cc(F)cc(F)c2)[C@@H](O)CNCc2cccc(OC)c2)C=C(C(N)=O)C=C(C(N)=O)C1. The summed E-state index contributed by atoms with van der Waals surface area (Å²) in [6.07, 6.45) is 2.20. The summed E-state index contributed by atoms with van der Waals surface area (Å²) in [4.78, 5) is 41.3. The molecular formula is C33H42F2N4O5. The molecule has 0 aliphatic heterocycles. The number of nitrogens with one attached hydrogen (secondary N) is 1. The van der Waals surface area contributed by atoms with Gasteiger partial charge in [-0.3, -0.25) is 14.4 Å². The normalized spacial score (nSPS) is 17.7. The third kappa shape index (κ3) is 8.51. The molecule has 1 aliphatic rings. The molecule has 44 heavy (non-hydrogen) atoms. The maximum atomic E-state index is 14.6. The van der Waals surface area contributed by atoms with Crippen molar-refractivity contribution in [1.82, 2.24) is 10.2 Å². The number of ether oxygens (including phenoxy) is 1. The second kappa shape index (κ2) is 15.6. The van der Waals surface area contributed by atoms with Gasteiger partial charge < -0.3 is 31.5 Å². The van der Waals surface area contributed by atoms with Crippen LogP contribution in [0.3, 0.4) is 0 Å². The van der Waals surface area contributed by atoms with Crippen LogP contribution in [0.4, 0.5) is 8.78 Å². The van der Waals surface area contributed by atoms with Gasteiger partial charge in [-0.1, -0.05) is 32.1 Å². The lowest BCUT2D eigenvalue weighted by Gasteiger charge is -2.45. The van der Waals surface area contributed by atoms with Crippen molar-refractivity contribution in [2.75, 3.05) is 26.7 Å². The largest absolute Gasteiger partial charge is 0.497 e. The Hall–Kier alpha value is -4.09. The molecule has 0 saturated carbocycles. The third-order valence-corrected chi connectivity index (χ3v) is 7.82. The van der Waals surface area contributed by atoms with E-state index in [0.717, 1.165) is 23.8 Å². The van der Waals surface area contributed by atoms with Crippen molar-refractivity contribution in [1.29, 1.82) is 0 Å². The first-order valence-corrected chi connectivity index (χ1v) is 14.7. The van der Waals surface area contributed by atoms with Gasteiger partial charge in [0.15, 0.2) is 0 Å². The Kier molecular flexibility index (Phi) is 12.2. The summed E-state index contributed by atoms with van der Waals surface area (Å²) >= 11 is 0. The number of aliphatic hydroxyl groups is 1. The average Bonchev–Trinajstić information content (AvgIpc) is 2.98. The molecule has 2 aromatic rings. The van der Waals surface area contributed by atoms with Crippen molar-refractivity contribution < 1.29 is 33.0 Å². The Labute approximate surface area is 256 Å². The van der Waals surface area contributed by atoms with Crippen LogP contribution in [-0.4, -0.2) is 60.6 Å². The lowest BCUT2D eigenvalue weighted by atomic mass is 9.62. The predicted molar refractivity (Wildman–Crippen MR) is 163 cm³/mol. The van der Waals surface area contributed by atoms with E-state index in [0.29, 0.717) is 38.2 Å². The summed E-state index contributed by atoms with van der Waals surface area (Å²) in [5.74, 6) is -4.24. The van der Waals surface area contributed by atoms with Crippen molar-refractivity contribution >= 4 is 17.7 Å². The Bertz CT molecular complexity index is 1390. The second-order valence-corrected chi connectivity index (χ2v) is 11.1. The van der Waals surface area contributed by atoms with E-state index in [9.17, 15) is 28.3 Å². The number of primary amides is 2. The summed E-state index contributed by atoms with van der Waals surface area (Å²) in [6, 6.07) is 10.3. The molecule has 1 unspecified atom stereocenters. The number of hydrogen-bond donors (Lipinski definition) is 4. The number of aliphatic hydroxyl groups excluding tert-OH is 1. The molecular weight excluding hydrogens is 570 g/mol. The van der Waals surface area contributed by atoms with E-state index in [2.05, 4.69) is 5.32 Å². The van der Waals surface area contributed by atoms with E-state index >= 15 is 0 Å². The van der Waals surface area contributed by atoms with E-state index in [1.165, 1.54) is 12.2 Å². The van der Waals surface area contributed by atoms with Crippen LogP contribution in [0.1, 0.15) is 44.2 Å². The fraction of sp³-hybridized carbons (Fsp3) is 0.424. The molecule has 3 atom stereocenters. The zero-order chi connectivity index (χ0) is 32.4. The summed E-state index contributed by atoms with van der Waals surface area (Å²) < 4.78 is 34.0. The van der Waals surface area contributed by atoms with Gasteiger partial charge in [0.1, 0.15) is 17.4 Å². The zero-order valence-corrected chi connectivity index (χ0v) is 25.4. The average molecular weight is 613 g/mol. The van der Waals surface area contributed by atoms with Crippen LogP contribution < -0.4 is 21.5 Å². The number of benzene rings is 2. The number of amides is 3. The third-order valence-electron chi connectivity index (χ3n) is 7.82. The molecule has 238 valence electrons. The van der Waals surface area contributed by atoms with Gasteiger partial charge in [-0.2, -0.15) is 0 Å². The first kappa shape index (κ1) is 34.4. The van der Waals surface area contributed by atoms with Gasteiger partial charge >= 0.3 is 0 Å². The van der Waals surface area contributed by atoms with Gasteiger partial charge in [-0.15, -0.1) is 0 Å². The number of halogens is 2. The van der Waals surface area contributed by atoms with E-state index in [1.807, 2.05) is 32.0 Å². The zero-order valence-electron chi connectivity index (χ0n) is 25.4. The molecule has 0 bridgehead atoms. The van der Waals surface area contributed by atoms with Gasteiger partial charge in [0.2, 0.25) is 17.7 Å². The quantitative estimate of drug-likeness (QED) is 0.229. The molecule has 0 heterocycles. The Morgan fingerprint density at radius 2 is 1.68 bits per heavy atom. The first-order valence-electron chi connectivity index (χ1n) is 14.7. The highest BCUT2D eigenvalue weighted by molar-refractivity contribution is 6.03. The van der Waals surface area contributed by atoms with E-state index in [-0.39, 0.29) is 36.1 Å². The van der Waals surface area contributed by atoms with Gasteiger partial charge in [0, 0.05) is 49.3 Å². The molecule has 2 aromatic carbocycles. The van der Waals surface area contributed by atoms with Crippen molar-refractivity contribution in [2.45, 2.75) is 52.2 Å². The van der Waals surface area contributed by atoms with Gasteiger partial charge in [-0.25, -0.2) is 8.78 Å². The molecule has 0 spiro atoms. The lowest BCUT2D eigenvalue weighted by Crippen LogP contribution is -2.54. The minimum absolute atomic E-state index is 0.0189. The number of methoxy groups -OCH3 is 1. The van der Waals surface area contributed by atoms with E-state index < -0.39 is 46.8 Å². The molecule has 9 nitrogen and oxygen atoms in total. The molecule has 3 amide bonds. The number of carbonyl (C=O) groups is 3. The van der Waals surface area contributed by atoms with Gasteiger partial charge in [-0.05, 0) is 67.2 Å². The summed E-state index contributed by atoms with van der Waals surface area (Å²) in [5, 5.41) is 15.0. The first-order chi connectivity index (χ1) is 20.9. The minimum atomic E-state index is -1.70. The van der Waals surface area contributed by atoms with Crippen molar-refractivity contribution in [3.63, 3.8) is 0 Å². The number of carbonyl (C=O) groups excluding carboxylic acids is 3. The van der Waals surface area contributed by atoms with Crippen LogP contribution in [0, 0.1) is 23.0 Å². The standard InChI is InChI=1S/C33H42F2N4O5/c1-4-9-39(10-5-2)32(43)33(17-23(30(36)41)15-24(18-33)31(37)42)28(14-22-11-25(34)16-26(35)12-22)29(40)20-38-19-21-7-6-8-27(13-21)44-3/h6-8,11-13,15-17,28-29,38,40H,4-5,9-10,14,18-20H2,1-3H3,(H2,36,41)(H2,37,42)/t28-,29+,33?/m1/s1. The highest BCUT2D eigenvalue weighted by atomic mass is 19.1. The molecule has 1 aliphatic carbocycles.